The lowest BCUT2D eigenvalue weighted by Gasteiger charge is -2.06. The van der Waals surface area contributed by atoms with E-state index < -0.39 is 0 Å². The molecule has 1 rings (SSSR count). The van der Waals surface area contributed by atoms with Gasteiger partial charge in [-0.05, 0) is 18.9 Å². The molecule has 0 bridgehead atoms. The van der Waals surface area contributed by atoms with E-state index in [1.54, 1.807) is 0 Å². The molecular weight excluding hydrogens is 156 g/mol. The molecule has 0 amide bonds. The number of carbonyl (C=O) groups is 1. The van der Waals surface area contributed by atoms with Crippen LogP contribution in [0, 0.1) is 0 Å². The van der Waals surface area contributed by atoms with Crippen molar-refractivity contribution in [1.82, 2.24) is 0 Å². The van der Waals surface area contributed by atoms with Gasteiger partial charge in [-0.15, -0.1) is 0 Å². The largest absolute Gasteiger partial charge is 0.428 e. The van der Waals surface area contributed by atoms with Gasteiger partial charge in [-0.25, -0.2) is 0 Å². The molecule has 0 atom stereocenters. The van der Waals surface area contributed by atoms with Gasteiger partial charge in [0.1, 0.15) is 5.76 Å². The van der Waals surface area contributed by atoms with Gasteiger partial charge in [0.05, 0.1) is 13.2 Å². The molecule has 0 unspecified atom stereocenters. The Hall–Kier alpha value is -1.09. The molecule has 12 heavy (non-hydrogen) atoms. The monoisotopic (exact) mass is 168 g/mol. The summed E-state index contributed by atoms with van der Waals surface area (Å²) in [6.45, 7) is 7.21. The third kappa shape index (κ3) is 1.95. The average Bonchev–Trinajstić information content (AvgIpc) is 2.51. The highest BCUT2D eigenvalue weighted by Gasteiger charge is 2.14. The van der Waals surface area contributed by atoms with E-state index in [1.165, 1.54) is 0 Å². The van der Waals surface area contributed by atoms with Gasteiger partial charge in [0.25, 0.3) is 6.47 Å². The normalized spacial score (nSPS) is 20.4. The highest BCUT2D eigenvalue weighted by atomic mass is 16.5. The van der Waals surface area contributed by atoms with Crippen molar-refractivity contribution in [2.75, 3.05) is 13.2 Å². The average molecular weight is 168 g/mol. The summed E-state index contributed by atoms with van der Waals surface area (Å²) >= 11 is 0. The first-order valence-electron chi connectivity index (χ1n) is 3.81. The molecule has 0 saturated carbocycles. The molecule has 1 aliphatic rings. The van der Waals surface area contributed by atoms with E-state index in [2.05, 4.69) is 6.58 Å². The van der Waals surface area contributed by atoms with Crippen LogP contribution in [-0.4, -0.2) is 19.7 Å². The standard InChI is InChI=1S/C9H12O3/c1-7(2)9(12-6-10)8-3-4-11-5-8/h6H,1,3-5H2,2H3/b9-8-. The van der Waals surface area contributed by atoms with Gasteiger partial charge in [-0.3, -0.25) is 4.79 Å². The van der Waals surface area contributed by atoms with E-state index in [0.29, 0.717) is 25.4 Å². The molecular formula is C9H12O3. The second kappa shape index (κ2) is 4.07. The van der Waals surface area contributed by atoms with Crippen LogP contribution in [0.25, 0.3) is 0 Å². The molecule has 3 nitrogen and oxygen atoms in total. The van der Waals surface area contributed by atoms with Crippen LogP contribution in [0.15, 0.2) is 23.5 Å². The second-order valence-electron chi connectivity index (χ2n) is 2.73. The summed E-state index contributed by atoms with van der Waals surface area (Å²) in [4.78, 5) is 10.1. The Morgan fingerprint density at radius 3 is 2.92 bits per heavy atom. The number of hydrogen-bond acceptors (Lipinski definition) is 3. The quantitative estimate of drug-likeness (QED) is 0.472. The summed E-state index contributed by atoms with van der Waals surface area (Å²) in [5, 5.41) is 0. The molecule has 0 aliphatic carbocycles. The molecule has 1 saturated heterocycles. The first kappa shape index (κ1) is 9.00. The van der Waals surface area contributed by atoms with Gasteiger partial charge in [-0.1, -0.05) is 6.58 Å². The van der Waals surface area contributed by atoms with E-state index in [4.69, 9.17) is 9.47 Å². The summed E-state index contributed by atoms with van der Waals surface area (Å²) in [5.74, 6) is 0.586. The third-order valence-electron chi connectivity index (χ3n) is 1.70. The van der Waals surface area contributed by atoms with Gasteiger partial charge >= 0.3 is 0 Å². The fourth-order valence-electron chi connectivity index (χ4n) is 1.18. The second-order valence-corrected chi connectivity index (χ2v) is 2.73. The molecule has 1 heterocycles. The zero-order valence-corrected chi connectivity index (χ0v) is 7.13. The maximum atomic E-state index is 10.1. The number of ether oxygens (including phenoxy) is 2. The Balaban J connectivity index is 2.80. The van der Waals surface area contributed by atoms with Crippen LogP contribution >= 0.6 is 0 Å². The van der Waals surface area contributed by atoms with Crippen LogP contribution in [0.5, 0.6) is 0 Å². The predicted molar refractivity (Wildman–Crippen MR) is 44.4 cm³/mol. The van der Waals surface area contributed by atoms with Gasteiger partial charge in [0.2, 0.25) is 0 Å². The molecule has 0 N–H and O–H groups in total. The minimum atomic E-state index is 0.426. The summed E-state index contributed by atoms with van der Waals surface area (Å²) < 4.78 is 9.95. The predicted octanol–water partition coefficient (Wildman–Crippen LogP) is 1.41. The van der Waals surface area contributed by atoms with Crippen molar-refractivity contribution in [3.8, 4) is 0 Å². The highest BCUT2D eigenvalue weighted by Crippen LogP contribution is 2.21. The maximum absolute atomic E-state index is 10.1. The lowest BCUT2D eigenvalue weighted by molar-refractivity contribution is -0.124. The van der Waals surface area contributed by atoms with Crippen molar-refractivity contribution < 1.29 is 14.3 Å². The molecule has 0 aromatic rings. The Kier molecular flexibility index (Phi) is 3.05. The van der Waals surface area contributed by atoms with Crippen LogP contribution in [0.1, 0.15) is 13.3 Å². The lowest BCUT2D eigenvalue weighted by Crippen LogP contribution is -1.97. The minimum Gasteiger partial charge on any atom is -0.428 e. The van der Waals surface area contributed by atoms with E-state index in [9.17, 15) is 4.79 Å². The Morgan fingerprint density at radius 2 is 2.50 bits per heavy atom. The van der Waals surface area contributed by atoms with Crippen LogP contribution in [0.4, 0.5) is 0 Å². The van der Waals surface area contributed by atoms with Crippen LogP contribution in [-0.2, 0) is 14.3 Å². The molecule has 3 heteroatoms. The van der Waals surface area contributed by atoms with Gasteiger partial charge in [0, 0.05) is 5.57 Å². The van der Waals surface area contributed by atoms with Crippen molar-refractivity contribution in [2.24, 2.45) is 0 Å². The van der Waals surface area contributed by atoms with Gasteiger partial charge < -0.3 is 9.47 Å². The Bertz CT molecular complexity index is 220. The number of carbonyl (C=O) groups excluding carboxylic acids is 1. The van der Waals surface area contributed by atoms with Crippen molar-refractivity contribution in [2.45, 2.75) is 13.3 Å². The molecule has 1 fully saturated rings. The fourth-order valence-corrected chi connectivity index (χ4v) is 1.18. The number of rotatable bonds is 3. The van der Waals surface area contributed by atoms with Gasteiger partial charge in [0.15, 0.2) is 0 Å². The van der Waals surface area contributed by atoms with Crippen molar-refractivity contribution in [3.05, 3.63) is 23.5 Å². The summed E-state index contributed by atoms with van der Waals surface area (Å²) in [7, 11) is 0. The highest BCUT2D eigenvalue weighted by molar-refractivity contribution is 5.44. The molecule has 0 radical (unpaired) electrons. The van der Waals surface area contributed by atoms with Crippen LogP contribution < -0.4 is 0 Å². The third-order valence-corrected chi connectivity index (χ3v) is 1.70. The number of allylic oxidation sites excluding steroid dienone is 1. The zero-order valence-electron chi connectivity index (χ0n) is 7.13. The van der Waals surface area contributed by atoms with Gasteiger partial charge in [-0.2, -0.15) is 0 Å². The summed E-state index contributed by atoms with van der Waals surface area (Å²) in [5.41, 5.74) is 1.79. The van der Waals surface area contributed by atoms with E-state index in [1.807, 2.05) is 6.92 Å². The molecule has 0 spiro atoms. The topological polar surface area (TPSA) is 35.5 Å². The van der Waals surface area contributed by atoms with Crippen LogP contribution in [0.3, 0.4) is 0 Å². The Morgan fingerprint density at radius 1 is 1.75 bits per heavy atom. The SMILES string of the molecule is C=C(C)/C(OC=O)=C1\CCOC1. The molecule has 66 valence electrons. The van der Waals surface area contributed by atoms with E-state index in [0.717, 1.165) is 17.6 Å². The van der Waals surface area contributed by atoms with E-state index >= 15 is 0 Å². The minimum absolute atomic E-state index is 0.426. The maximum Gasteiger partial charge on any atom is 0.298 e. The first-order valence-corrected chi connectivity index (χ1v) is 3.81. The molecule has 1 aliphatic heterocycles. The number of hydrogen-bond donors (Lipinski definition) is 0. The van der Waals surface area contributed by atoms with Crippen molar-refractivity contribution in [3.63, 3.8) is 0 Å². The molecule has 0 aromatic carbocycles. The zero-order chi connectivity index (χ0) is 8.97. The van der Waals surface area contributed by atoms with E-state index in [-0.39, 0.29) is 0 Å². The Labute approximate surface area is 71.7 Å². The first-order chi connectivity index (χ1) is 5.75. The molecule has 0 aromatic heterocycles. The van der Waals surface area contributed by atoms with Crippen molar-refractivity contribution >= 4 is 6.47 Å². The summed E-state index contributed by atoms with van der Waals surface area (Å²) in [6.07, 6.45) is 0.829. The van der Waals surface area contributed by atoms with Crippen molar-refractivity contribution in [1.29, 1.82) is 0 Å². The lowest BCUT2D eigenvalue weighted by atomic mass is 10.1. The summed E-state index contributed by atoms with van der Waals surface area (Å²) in [6, 6.07) is 0. The van der Waals surface area contributed by atoms with Crippen LogP contribution in [0.2, 0.25) is 0 Å². The fraction of sp³-hybridized carbons (Fsp3) is 0.444. The smallest absolute Gasteiger partial charge is 0.298 e.